The van der Waals surface area contributed by atoms with Crippen LogP contribution in [0.5, 0.6) is 0 Å². The molecule has 0 N–H and O–H groups in total. The van der Waals surface area contributed by atoms with Crippen LogP contribution in [0.15, 0.2) is 58.3 Å². The Labute approximate surface area is 225 Å². The molecule has 1 aliphatic heterocycles. The van der Waals surface area contributed by atoms with E-state index in [1.54, 1.807) is 4.57 Å². The highest BCUT2D eigenvalue weighted by Crippen LogP contribution is 2.42. The minimum atomic E-state index is -0.459. The van der Waals surface area contributed by atoms with Crippen LogP contribution in [0.2, 0.25) is 0 Å². The van der Waals surface area contributed by atoms with Crippen molar-refractivity contribution in [2.45, 2.75) is 6.92 Å². The molecule has 36 heavy (non-hydrogen) atoms. The van der Waals surface area contributed by atoms with Crippen LogP contribution >= 0.6 is 36.2 Å². The number of carbonyl (C=O) groups excluding carboxylic acids is 1. The minimum absolute atomic E-state index is 0. The molecule has 3 heterocycles. The van der Waals surface area contributed by atoms with Gasteiger partial charge in [0.2, 0.25) is 0 Å². The third kappa shape index (κ3) is 4.86. The number of benzene rings is 2. The Morgan fingerprint density at radius 2 is 1.64 bits per heavy atom. The monoisotopic (exact) mass is 546 g/mol. The van der Waals surface area contributed by atoms with E-state index in [0.29, 0.717) is 20.8 Å². The molecular formula is C26H28Cl2N4O3S. The fourth-order valence-electron chi connectivity index (χ4n) is 4.38. The van der Waals surface area contributed by atoms with Crippen LogP contribution in [-0.4, -0.2) is 67.0 Å². The highest BCUT2D eigenvalue weighted by Gasteiger charge is 2.25. The van der Waals surface area contributed by atoms with Gasteiger partial charge >= 0.3 is 5.97 Å². The van der Waals surface area contributed by atoms with Crippen molar-refractivity contribution in [1.82, 2.24) is 14.4 Å². The van der Waals surface area contributed by atoms with Crippen LogP contribution in [-0.2, 0) is 4.74 Å². The Bertz CT molecular complexity index is 1490. The highest BCUT2D eigenvalue weighted by atomic mass is 35.5. The minimum Gasteiger partial charge on any atom is -0.465 e. The number of likely N-dealkylation sites (N-methyl/N-ethyl adjacent to an activating group) is 1. The van der Waals surface area contributed by atoms with Crippen molar-refractivity contribution in [3.05, 3.63) is 69.3 Å². The van der Waals surface area contributed by atoms with Gasteiger partial charge in [-0.25, -0.2) is 9.79 Å². The second-order valence-corrected chi connectivity index (χ2v) is 9.51. The number of aliphatic imine (C=N–C) groups is 1. The third-order valence-electron chi connectivity index (χ3n) is 6.31. The van der Waals surface area contributed by atoms with E-state index in [9.17, 15) is 9.59 Å². The number of thiophene rings is 1. The van der Waals surface area contributed by atoms with E-state index < -0.39 is 5.97 Å². The van der Waals surface area contributed by atoms with Crippen molar-refractivity contribution < 1.29 is 9.53 Å². The number of nitrogens with zero attached hydrogens (tertiary/aromatic N) is 4. The number of rotatable bonds is 4. The summed E-state index contributed by atoms with van der Waals surface area (Å²) in [5, 5.41) is 2.15. The molecule has 7 nitrogen and oxygen atoms in total. The van der Waals surface area contributed by atoms with Gasteiger partial charge in [0.25, 0.3) is 5.56 Å². The number of piperazine rings is 1. The smallest absolute Gasteiger partial charge is 0.350 e. The largest absolute Gasteiger partial charge is 0.465 e. The molecule has 0 saturated carbocycles. The summed E-state index contributed by atoms with van der Waals surface area (Å²) >= 11 is 1.25. The Kier molecular flexibility index (Phi) is 8.79. The fourth-order valence-corrected chi connectivity index (χ4v) is 5.57. The Morgan fingerprint density at radius 3 is 2.31 bits per heavy atom. The van der Waals surface area contributed by atoms with Crippen molar-refractivity contribution >= 4 is 75.1 Å². The van der Waals surface area contributed by atoms with Crippen LogP contribution in [0.25, 0.3) is 26.7 Å². The average molecular weight is 548 g/mol. The third-order valence-corrected chi connectivity index (χ3v) is 7.46. The number of hydrogen-bond acceptors (Lipinski definition) is 6. The normalized spacial score (nSPS) is 14.1. The molecular weight excluding hydrogens is 519 g/mol. The lowest BCUT2D eigenvalue weighted by molar-refractivity contribution is 0.0607. The summed E-state index contributed by atoms with van der Waals surface area (Å²) in [6.45, 7) is 5.62. The molecule has 2 aromatic carbocycles. The van der Waals surface area contributed by atoms with Gasteiger partial charge in [0, 0.05) is 37.0 Å². The molecule has 1 saturated heterocycles. The standard InChI is InChI=1S/C26H26N4O3S.2ClH/c1-17-8-4-7-11-20(17)30-24(31)19-10-6-5-9-18(19)21-22(23(26(32)33-3)34-25(21)30)27-16-29-14-12-28(2)13-15-29;;/h4-11,16H,12-15H2,1-3H3;2*1H. The summed E-state index contributed by atoms with van der Waals surface area (Å²) in [4.78, 5) is 36.9. The van der Waals surface area contributed by atoms with Gasteiger partial charge in [-0.2, -0.15) is 0 Å². The first kappa shape index (κ1) is 27.7. The van der Waals surface area contributed by atoms with Crippen molar-refractivity contribution in [3.63, 3.8) is 0 Å². The van der Waals surface area contributed by atoms with Gasteiger partial charge in [-0.3, -0.25) is 9.36 Å². The molecule has 4 aromatic rings. The number of fused-ring (bicyclic) bond motifs is 3. The first-order valence-electron chi connectivity index (χ1n) is 11.2. The van der Waals surface area contributed by atoms with Crippen LogP contribution in [0.1, 0.15) is 15.2 Å². The van der Waals surface area contributed by atoms with Gasteiger partial charge in [-0.05, 0) is 37.1 Å². The predicted octanol–water partition coefficient (Wildman–Crippen LogP) is 5.05. The predicted molar refractivity (Wildman–Crippen MR) is 153 cm³/mol. The molecule has 0 atom stereocenters. The van der Waals surface area contributed by atoms with E-state index in [0.717, 1.165) is 48.2 Å². The zero-order chi connectivity index (χ0) is 23.8. The van der Waals surface area contributed by atoms with Crippen molar-refractivity contribution in [2.24, 2.45) is 4.99 Å². The summed E-state index contributed by atoms with van der Waals surface area (Å²) in [6, 6.07) is 15.3. The first-order valence-corrected chi connectivity index (χ1v) is 12.0. The van der Waals surface area contributed by atoms with Gasteiger partial charge in [-0.15, -0.1) is 36.2 Å². The topological polar surface area (TPSA) is 67.1 Å². The molecule has 5 rings (SSSR count). The Morgan fingerprint density at radius 1 is 1.00 bits per heavy atom. The maximum Gasteiger partial charge on any atom is 0.350 e. The molecule has 0 bridgehead atoms. The van der Waals surface area contributed by atoms with E-state index in [2.05, 4.69) is 16.8 Å². The summed E-state index contributed by atoms with van der Waals surface area (Å²) in [5.74, 6) is -0.459. The van der Waals surface area contributed by atoms with Crippen LogP contribution in [0.3, 0.4) is 0 Å². The lowest BCUT2D eigenvalue weighted by Crippen LogP contribution is -2.43. The molecule has 1 fully saturated rings. The average Bonchev–Trinajstić information content (AvgIpc) is 3.23. The molecule has 0 aliphatic carbocycles. The van der Waals surface area contributed by atoms with E-state index in [-0.39, 0.29) is 30.4 Å². The number of halogens is 2. The fraction of sp³-hybridized carbons (Fsp3) is 0.269. The second-order valence-electron chi connectivity index (χ2n) is 8.51. The molecule has 0 spiro atoms. The number of ether oxygens (including phenoxy) is 1. The maximum absolute atomic E-state index is 13.7. The van der Waals surface area contributed by atoms with Crippen LogP contribution in [0.4, 0.5) is 5.69 Å². The zero-order valence-corrected chi connectivity index (χ0v) is 22.7. The molecule has 2 aromatic heterocycles. The zero-order valence-electron chi connectivity index (χ0n) is 20.3. The van der Waals surface area contributed by atoms with Crippen molar-refractivity contribution in [3.8, 4) is 5.69 Å². The number of carbonyl (C=O) groups is 1. The van der Waals surface area contributed by atoms with Gasteiger partial charge < -0.3 is 14.5 Å². The SMILES string of the molecule is COC(=O)c1sc2c(c1N=CN1CCN(C)CC1)c1ccccc1c(=O)n2-c1ccccc1C.Cl.Cl. The summed E-state index contributed by atoms with van der Waals surface area (Å²) in [5.41, 5.74) is 2.18. The molecule has 0 amide bonds. The Hall–Kier alpha value is -2.91. The number of aryl methyl sites for hydroxylation is 1. The first-order chi connectivity index (χ1) is 16.5. The van der Waals surface area contributed by atoms with Crippen molar-refractivity contribution in [1.29, 1.82) is 0 Å². The summed E-state index contributed by atoms with van der Waals surface area (Å²) < 4.78 is 6.82. The van der Waals surface area contributed by atoms with E-state index in [4.69, 9.17) is 9.73 Å². The van der Waals surface area contributed by atoms with E-state index in [1.807, 2.05) is 61.8 Å². The maximum atomic E-state index is 13.7. The highest BCUT2D eigenvalue weighted by molar-refractivity contribution is 7.21. The Balaban J connectivity index is 0.00000180. The van der Waals surface area contributed by atoms with Crippen molar-refractivity contribution in [2.75, 3.05) is 40.3 Å². The number of para-hydroxylation sites is 1. The molecule has 1 aliphatic rings. The number of methoxy groups -OCH3 is 1. The van der Waals surface area contributed by atoms with E-state index >= 15 is 0 Å². The number of pyridine rings is 1. The quantitative estimate of drug-likeness (QED) is 0.203. The molecule has 190 valence electrons. The van der Waals surface area contributed by atoms with Crippen LogP contribution < -0.4 is 5.56 Å². The van der Waals surface area contributed by atoms with Crippen LogP contribution in [0, 0.1) is 6.92 Å². The van der Waals surface area contributed by atoms with Gasteiger partial charge in [0.05, 0.1) is 19.1 Å². The summed E-state index contributed by atoms with van der Waals surface area (Å²) in [7, 11) is 3.47. The number of esters is 1. The van der Waals surface area contributed by atoms with Gasteiger partial charge in [0.15, 0.2) is 0 Å². The molecule has 10 heteroatoms. The van der Waals surface area contributed by atoms with E-state index in [1.165, 1.54) is 18.4 Å². The number of hydrogen-bond donors (Lipinski definition) is 0. The van der Waals surface area contributed by atoms with Gasteiger partial charge in [-0.1, -0.05) is 36.4 Å². The molecule has 0 radical (unpaired) electrons. The second kappa shape index (κ2) is 11.4. The molecule has 0 unspecified atom stereocenters. The lowest BCUT2D eigenvalue weighted by atomic mass is 10.1. The number of aromatic nitrogens is 1. The van der Waals surface area contributed by atoms with Gasteiger partial charge in [0.1, 0.15) is 15.4 Å². The summed E-state index contributed by atoms with van der Waals surface area (Å²) in [6.07, 6.45) is 1.82. The lowest BCUT2D eigenvalue weighted by Gasteiger charge is -2.30.